The molecule has 0 aromatic heterocycles. The molecule has 3 saturated carbocycles. The van der Waals surface area contributed by atoms with Gasteiger partial charge in [0.1, 0.15) is 0 Å². The van der Waals surface area contributed by atoms with E-state index in [1.54, 1.807) is 0 Å². The highest BCUT2D eigenvalue weighted by atomic mass is 14.6. The number of fused-ring (bicyclic) bond motifs is 5. The fraction of sp³-hybridized carbons (Fsp3) is 0.900. The monoisotopic (exact) mass is 272 g/mol. The Hall–Kier alpha value is -0.260. The van der Waals surface area contributed by atoms with Gasteiger partial charge in [-0.25, -0.2) is 0 Å². The molecule has 0 aromatic rings. The summed E-state index contributed by atoms with van der Waals surface area (Å²) in [4.78, 5) is 0. The second-order valence-corrected chi connectivity index (χ2v) is 9.10. The van der Waals surface area contributed by atoms with Crippen LogP contribution in [0.25, 0.3) is 0 Å². The van der Waals surface area contributed by atoms with Crippen molar-refractivity contribution in [3.05, 3.63) is 11.6 Å². The zero-order valence-electron chi connectivity index (χ0n) is 13.8. The van der Waals surface area contributed by atoms with Gasteiger partial charge in [0.05, 0.1) is 0 Å². The van der Waals surface area contributed by atoms with Gasteiger partial charge in [0.25, 0.3) is 0 Å². The van der Waals surface area contributed by atoms with Crippen molar-refractivity contribution in [3.8, 4) is 0 Å². The minimum absolute atomic E-state index is 0.583. The fourth-order valence-electron chi connectivity index (χ4n) is 7.08. The lowest BCUT2D eigenvalue weighted by Crippen LogP contribution is -2.51. The van der Waals surface area contributed by atoms with Gasteiger partial charge < -0.3 is 0 Å². The molecule has 0 heteroatoms. The first-order chi connectivity index (χ1) is 9.55. The quantitative estimate of drug-likeness (QED) is 0.476. The van der Waals surface area contributed by atoms with Crippen LogP contribution in [0.15, 0.2) is 11.6 Å². The third-order valence-electron chi connectivity index (χ3n) is 8.16. The Morgan fingerprint density at radius 1 is 1.00 bits per heavy atom. The van der Waals surface area contributed by atoms with Gasteiger partial charge in [-0.05, 0) is 85.9 Å². The van der Waals surface area contributed by atoms with Crippen molar-refractivity contribution in [3.63, 3.8) is 0 Å². The molecule has 4 aliphatic carbocycles. The minimum Gasteiger partial charge on any atom is -0.0848 e. The maximum absolute atomic E-state index is 2.64. The number of allylic oxidation sites excluding steroid dienone is 2. The summed E-state index contributed by atoms with van der Waals surface area (Å²) in [6.07, 6.45) is 16.0. The predicted octanol–water partition coefficient (Wildman–Crippen LogP) is 5.98. The normalized spacial score (nSPS) is 54.6. The number of rotatable bonds is 0. The Balaban J connectivity index is 1.73. The lowest BCUT2D eigenvalue weighted by Gasteiger charge is -2.59. The molecule has 0 aromatic carbocycles. The maximum Gasteiger partial charge on any atom is -0.00851 e. The van der Waals surface area contributed by atoms with Crippen LogP contribution < -0.4 is 0 Å². The van der Waals surface area contributed by atoms with E-state index in [-0.39, 0.29) is 0 Å². The Kier molecular flexibility index (Phi) is 2.93. The summed E-state index contributed by atoms with van der Waals surface area (Å²) >= 11 is 0. The summed E-state index contributed by atoms with van der Waals surface area (Å²) in [6.45, 7) is 7.85. The molecule has 4 rings (SSSR count). The van der Waals surface area contributed by atoms with Gasteiger partial charge in [-0.1, -0.05) is 38.8 Å². The second kappa shape index (κ2) is 4.37. The first-order valence-electron chi connectivity index (χ1n) is 9.24. The molecular formula is C20H32. The third kappa shape index (κ3) is 1.66. The Morgan fingerprint density at radius 3 is 2.70 bits per heavy atom. The maximum atomic E-state index is 2.64. The molecule has 0 aliphatic heterocycles. The predicted molar refractivity (Wildman–Crippen MR) is 85.5 cm³/mol. The van der Waals surface area contributed by atoms with Crippen molar-refractivity contribution in [2.75, 3.05) is 0 Å². The molecular weight excluding hydrogens is 240 g/mol. The van der Waals surface area contributed by atoms with Crippen LogP contribution in [-0.2, 0) is 0 Å². The van der Waals surface area contributed by atoms with E-state index in [1.807, 2.05) is 5.57 Å². The van der Waals surface area contributed by atoms with E-state index in [2.05, 4.69) is 26.8 Å². The molecule has 0 unspecified atom stereocenters. The summed E-state index contributed by atoms with van der Waals surface area (Å²) in [5, 5.41) is 0. The van der Waals surface area contributed by atoms with E-state index in [9.17, 15) is 0 Å². The van der Waals surface area contributed by atoms with Gasteiger partial charge in [-0.2, -0.15) is 0 Å². The van der Waals surface area contributed by atoms with Crippen molar-refractivity contribution in [1.82, 2.24) is 0 Å². The summed E-state index contributed by atoms with van der Waals surface area (Å²) < 4.78 is 0. The van der Waals surface area contributed by atoms with Crippen molar-refractivity contribution in [2.45, 2.75) is 78.6 Å². The van der Waals surface area contributed by atoms with Crippen molar-refractivity contribution >= 4 is 0 Å². The van der Waals surface area contributed by atoms with Crippen molar-refractivity contribution < 1.29 is 0 Å². The highest BCUT2D eigenvalue weighted by Gasteiger charge is 2.57. The van der Waals surface area contributed by atoms with Crippen LogP contribution in [0.4, 0.5) is 0 Å². The van der Waals surface area contributed by atoms with Crippen molar-refractivity contribution in [1.29, 1.82) is 0 Å². The average molecular weight is 272 g/mol. The molecule has 20 heavy (non-hydrogen) atoms. The summed E-state index contributed by atoms with van der Waals surface area (Å²) in [7, 11) is 0. The lowest BCUT2D eigenvalue weighted by molar-refractivity contribution is -0.0619. The van der Waals surface area contributed by atoms with Crippen LogP contribution in [0.5, 0.6) is 0 Å². The molecule has 6 atom stereocenters. The Labute approximate surface area is 125 Å². The van der Waals surface area contributed by atoms with Crippen molar-refractivity contribution in [2.24, 2.45) is 34.5 Å². The molecule has 3 fully saturated rings. The molecule has 0 N–H and O–H groups in total. The molecule has 0 amide bonds. The summed E-state index contributed by atoms with van der Waals surface area (Å²) in [5.41, 5.74) is 3.15. The lowest BCUT2D eigenvalue weighted by atomic mass is 9.45. The Morgan fingerprint density at radius 2 is 1.85 bits per heavy atom. The molecule has 0 nitrogen and oxygen atoms in total. The molecule has 4 aliphatic rings. The SMILES string of the molecule is C[C@@H]1CC2=CCCC[C@]2(C)[C@H]2CC[C@]3(C)CCC[C@H]3[C@H]12. The summed E-state index contributed by atoms with van der Waals surface area (Å²) in [6, 6.07) is 0. The van der Waals surface area contributed by atoms with E-state index in [1.165, 1.54) is 57.8 Å². The van der Waals surface area contributed by atoms with Gasteiger partial charge in [-0.3, -0.25) is 0 Å². The molecule has 0 saturated heterocycles. The van der Waals surface area contributed by atoms with Gasteiger partial charge in [0, 0.05) is 0 Å². The van der Waals surface area contributed by atoms with Crippen LogP contribution >= 0.6 is 0 Å². The topological polar surface area (TPSA) is 0 Å². The Bertz CT molecular complexity index is 433. The molecule has 0 spiro atoms. The number of hydrogen-bond donors (Lipinski definition) is 0. The highest BCUT2D eigenvalue weighted by molar-refractivity contribution is 5.24. The van der Waals surface area contributed by atoms with Gasteiger partial charge in [0.2, 0.25) is 0 Å². The van der Waals surface area contributed by atoms with E-state index >= 15 is 0 Å². The van der Waals surface area contributed by atoms with Crippen LogP contribution in [0, 0.1) is 34.5 Å². The highest BCUT2D eigenvalue weighted by Crippen LogP contribution is 2.66. The van der Waals surface area contributed by atoms with E-state index < -0.39 is 0 Å². The first-order valence-corrected chi connectivity index (χ1v) is 9.24. The molecule has 0 bridgehead atoms. The van der Waals surface area contributed by atoms with Gasteiger partial charge in [-0.15, -0.1) is 0 Å². The van der Waals surface area contributed by atoms with Crippen LogP contribution in [0.1, 0.15) is 78.6 Å². The van der Waals surface area contributed by atoms with E-state index in [4.69, 9.17) is 0 Å². The minimum atomic E-state index is 0.583. The molecule has 0 radical (unpaired) electrons. The second-order valence-electron chi connectivity index (χ2n) is 9.10. The third-order valence-corrected chi connectivity index (χ3v) is 8.16. The zero-order chi connectivity index (χ0) is 14.0. The van der Waals surface area contributed by atoms with Crippen LogP contribution in [-0.4, -0.2) is 0 Å². The van der Waals surface area contributed by atoms with Gasteiger partial charge in [0.15, 0.2) is 0 Å². The molecule has 112 valence electrons. The standard InChI is InChI=1S/C20H32/c1-14-13-15-7-4-5-11-20(15,3)17-9-12-19(2)10-6-8-16(19)18(14)17/h7,14,16-18H,4-6,8-13H2,1-3H3/t14-,16+,17+,18+,19+,20+/m1/s1. The van der Waals surface area contributed by atoms with E-state index in [0.717, 1.165) is 23.7 Å². The zero-order valence-corrected chi connectivity index (χ0v) is 13.8. The largest absolute Gasteiger partial charge is 0.0848 e. The van der Waals surface area contributed by atoms with Crippen LogP contribution in [0.3, 0.4) is 0 Å². The fourth-order valence-corrected chi connectivity index (χ4v) is 7.08. The summed E-state index contributed by atoms with van der Waals surface area (Å²) in [5.74, 6) is 4.04. The average Bonchev–Trinajstić information content (AvgIpc) is 2.81. The first kappa shape index (κ1) is 13.4. The molecule has 0 heterocycles. The number of hydrogen-bond acceptors (Lipinski definition) is 0. The van der Waals surface area contributed by atoms with E-state index in [0.29, 0.717) is 10.8 Å². The smallest absolute Gasteiger partial charge is 0.00851 e. The van der Waals surface area contributed by atoms with Gasteiger partial charge >= 0.3 is 0 Å². The van der Waals surface area contributed by atoms with Crippen LogP contribution in [0.2, 0.25) is 0 Å².